The number of carbonyl (C=O) groups excluding carboxylic acids is 2. The highest BCUT2D eigenvalue weighted by Crippen LogP contribution is 2.15. The number of aromatic nitrogens is 1. The third kappa shape index (κ3) is 2.12. The molecule has 2 rings (SSSR count). The van der Waals surface area contributed by atoms with Crippen LogP contribution in [-0.4, -0.2) is 30.0 Å². The van der Waals surface area contributed by atoms with Crippen LogP contribution in [0.3, 0.4) is 0 Å². The van der Waals surface area contributed by atoms with Crippen molar-refractivity contribution in [2.45, 2.75) is 6.92 Å². The van der Waals surface area contributed by atoms with E-state index in [1.54, 1.807) is 11.1 Å². The van der Waals surface area contributed by atoms with Crippen LogP contribution in [-0.2, 0) is 14.3 Å². The van der Waals surface area contributed by atoms with Gasteiger partial charge in [-0.05, 0) is 19.1 Å². The molecule has 0 aliphatic carbocycles. The van der Waals surface area contributed by atoms with Gasteiger partial charge in [0.25, 0.3) is 0 Å². The molecule has 15 heavy (non-hydrogen) atoms. The molecule has 0 N–H and O–H groups in total. The van der Waals surface area contributed by atoms with Crippen LogP contribution in [0.25, 0.3) is 0 Å². The molecule has 1 aromatic rings. The normalized spacial score (nSPS) is 16.5. The van der Waals surface area contributed by atoms with Crippen molar-refractivity contribution in [1.29, 1.82) is 0 Å². The summed E-state index contributed by atoms with van der Waals surface area (Å²) in [4.78, 5) is 27.8. The first-order chi connectivity index (χ1) is 7.15. The van der Waals surface area contributed by atoms with Crippen molar-refractivity contribution in [3.63, 3.8) is 0 Å². The Bertz CT molecular complexity index is 384. The van der Waals surface area contributed by atoms with Crippen LogP contribution in [0.4, 0.5) is 5.69 Å². The zero-order chi connectivity index (χ0) is 10.8. The van der Waals surface area contributed by atoms with E-state index in [2.05, 4.69) is 9.72 Å². The maximum absolute atomic E-state index is 11.0. The highest BCUT2D eigenvalue weighted by atomic mass is 16.6. The SMILES string of the molecule is Cc1ccc(N2CC(=O)OC(=O)C2)cn1. The largest absolute Gasteiger partial charge is 0.390 e. The molecule has 1 aliphatic heterocycles. The molecule has 0 atom stereocenters. The quantitative estimate of drug-likeness (QED) is 0.488. The second-order valence-electron chi connectivity index (χ2n) is 3.36. The number of ether oxygens (including phenoxy) is 1. The summed E-state index contributed by atoms with van der Waals surface area (Å²) in [5, 5.41) is 0. The molecule has 0 unspecified atom stereocenters. The number of cyclic esters (lactones) is 2. The number of hydrogen-bond acceptors (Lipinski definition) is 5. The summed E-state index contributed by atoms with van der Waals surface area (Å²) in [6.45, 7) is 2.06. The molecule has 0 bridgehead atoms. The van der Waals surface area contributed by atoms with Gasteiger partial charge in [-0.15, -0.1) is 0 Å². The fourth-order valence-corrected chi connectivity index (χ4v) is 1.39. The van der Waals surface area contributed by atoms with Gasteiger partial charge in [-0.2, -0.15) is 0 Å². The van der Waals surface area contributed by atoms with E-state index in [1.807, 2.05) is 19.1 Å². The van der Waals surface area contributed by atoms with Crippen LogP contribution in [0, 0.1) is 6.92 Å². The Hall–Kier alpha value is -1.91. The molecule has 1 saturated heterocycles. The third-order valence-electron chi connectivity index (χ3n) is 2.13. The summed E-state index contributed by atoms with van der Waals surface area (Å²) in [5.41, 5.74) is 1.65. The molecule has 0 saturated carbocycles. The molecule has 1 fully saturated rings. The van der Waals surface area contributed by atoms with Gasteiger partial charge in [0, 0.05) is 5.69 Å². The minimum atomic E-state index is -0.521. The summed E-state index contributed by atoms with van der Waals surface area (Å²) < 4.78 is 4.42. The van der Waals surface area contributed by atoms with Crippen molar-refractivity contribution in [3.8, 4) is 0 Å². The fraction of sp³-hybridized carbons (Fsp3) is 0.300. The van der Waals surface area contributed by atoms with Crippen LogP contribution < -0.4 is 4.90 Å². The zero-order valence-corrected chi connectivity index (χ0v) is 8.27. The van der Waals surface area contributed by atoms with Gasteiger partial charge in [-0.3, -0.25) is 4.98 Å². The second kappa shape index (κ2) is 3.68. The Morgan fingerprint density at radius 2 is 1.93 bits per heavy atom. The van der Waals surface area contributed by atoms with Crippen molar-refractivity contribution in [3.05, 3.63) is 24.0 Å². The van der Waals surface area contributed by atoms with E-state index in [0.29, 0.717) is 0 Å². The van der Waals surface area contributed by atoms with E-state index in [1.165, 1.54) is 0 Å². The van der Waals surface area contributed by atoms with E-state index >= 15 is 0 Å². The molecular formula is C10H10N2O3. The van der Waals surface area contributed by atoms with Crippen molar-refractivity contribution >= 4 is 17.6 Å². The van der Waals surface area contributed by atoms with Gasteiger partial charge in [-0.25, -0.2) is 9.59 Å². The van der Waals surface area contributed by atoms with E-state index in [-0.39, 0.29) is 13.1 Å². The van der Waals surface area contributed by atoms with Crippen molar-refractivity contribution in [1.82, 2.24) is 4.98 Å². The van der Waals surface area contributed by atoms with Gasteiger partial charge in [0.15, 0.2) is 0 Å². The Balaban J connectivity index is 2.19. The highest BCUT2D eigenvalue weighted by molar-refractivity contribution is 5.94. The second-order valence-corrected chi connectivity index (χ2v) is 3.36. The minimum absolute atomic E-state index is 0.0937. The Labute approximate surface area is 86.7 Å². The average molecular weight is 206 g/mol. The monoisotopic (exact) mass is 206 g/mol. The van der Waals surface area contributed by atoms with Crippen molar-refractivity contribution in [2.24, 2.45) is 0 Å². The van der Waals surface area contributed by atoms with E-state index < -0.39 is 11.9 Å². The number of morpholine rings is 1. The van der Waals surface area contributed by atoms with Gasteiger partial charge in [0.2, 0.25) is 0 Å². The third-order valence-corrected chi connectivity index (χ3v) is 2.13. The smallest absolute Gasteiger partial charge is 0.333 e. The van der Waals surface area contributed by atoms with Gasteiger partial charge < -0.3 is 9.64 Å². The van der Waals surface area contributed by atoms with E-state index in [4.69, 9.17) is 0 Å². The molecule has 5 nitrogen and oxygen atoms in total. The summed E-state index contributed by atoms with van der Waals surface area (Å²) in [7, 11) is 0. The van der Waals surface area contributed by atoms with Gasteiger partial charge in [0.05, 0.1) is 11.9 Å². The number of rotatable bonds is 1. The number of nitrogens with zero attached hydrogens (tertiary/aromatic N) is 2. The average Bonchev–Trinajstić information content (AvgIpc) is 2.17. The number of anilines is 1. The predicted molar refractivity (Wildman–Crippen MR) is 52.3 cm³/mol. The van der Waals surface area contributed by atoms with Gasteiger partial charge >= 0.3 is 11.9 Å². The summed E-state index contributed by atoms with van der Waals surface area (Å²) in [6, 6.07) is 3.66. The lowest BCUT2D eigenvalue weighted by Crippen LogP contribution is -2.43. The molecule has 0 aromatic carbocycles. The Kier molecular flexibility index (Phi) is 2.37. The summed E-state index contributed by atoms with van der Waals surface area (Å²) in [5.74, 6) is -1.04. The first-order valence-corrected chi connectivity index (χ1v) is 4.56. The van der Waals surface area contributed by atoms with Crippen LogP contribution in [0.2, 0.25) is 0 Å². The molecule has 78 valence electrons. The van der Waals surface area contributed by atoms with Crippen LogP contribution in [0.15, 0.2) is 18.3 Å². The predicted octanol–water partition coefficient (Wildman–Crippen LogP) is 0.280. The van der Waals surface area contributed by atoms with Gasteiger partial charge in [0.1, 0.15) is 13.1 Å². The Morgan fingerprint density at radius 1 is 1.27 bits per heavy atom. The van der Waals surface area contributed by atoms with E-state index in [9.17, 15) is 9.59 Å². The standard InChI is InChI=1S/C10H10N2O3/c1-7-2-3-8(4-11-7)12-5-9(13)15-10(14)6-12/h2-4H,5-6H2,1H3. The fourth-order valence-electron chi connectivity index (χ4n) is 1.39. The number of hydrogen-bond donors (Lipinski definition) is 0. The summed E-state index contributed by atoms with van der Waals surface area (Å²) >= 11 is 0. The topological polar surface area (TPSA) is 59.5 Å². The molecule has 0 amide bonds. The molecular weight excluding hydrogens is 196 g/mol. The van der Waals surface area contributed by atoms with E-state index in [0.717, 1.165) is 11.4 Å². The maximum atomic E-state index is 11.0. The molecule has 1 aromatic heterocycles. The maximum Gasteiger partial charge on any atom is 0.333 e. The van der Waals surface area contributed by atoms with Crippen molar-refractivity contribution in [2.75, 3.05) is 18.0 Å². The number of esters is 2. The first kappa shape index (κ1) is 9.64. The molecule has 5 heteroatoms. The lowest BCUT2D eigenvalue weighted by atomic mass is 10.3. The molecule has 0 radical (unpaired) electrons. The van der Waals surface area contributed by atoms with Crippen LogP contribution >= 0.6 is 0 Å². The van der Waals surface area contributed by atoms with Crippen LogP contribution in [0.1, 0.15) is 5.69 Å². The zero-order valence-electron chi connectivity index (χ0n) is 8.27. The van der Waals surface area contributed by atoms with Gasteiger partial charge in [-0.1, -0.05) is 0 Å². The number of pyridine rings is 1. The Morgan fingerprint density at radius 3 is 2.47 bits per heavy atom. The number of carbonyl (C=O) groups is 2. The molecule has 1 aliphatic rings. The summed E-state index contributed by atoms with van der Waals surface area (Å²) in [6.07, 6.45) is 1.64. The molecule has 2 heterocycles. The lowest BCUT2D eigenvalue weighted by Gasteiger charge is -2.25. The lowest BCUT2D eigenvalue weighted by molar-refractivity contribution is -0.160. The van der Waals surface area contributed by atoms with Crippen LogP contribution in [0.5, 0.6) is 0 Å². The molecule has 0 spiro atoms. The minimum Gasteiger partial charge on any atom is -0.390 e. The number of aryl methyl sites for hydroxylation is 1. The highest BCUT2D eigenvalue weighted by Gasteiger charge is 2.24. The first-order valence-electron chi connectivity index (χ1n) is 4.56. The van der Waals surface area contributed by atoms with Crippen molar-refractivity contribution < 1.29 is 14.3 Å².